The van der Waals surface area contributed by atoms with Gasteiger partial charge in [0, 0.05) is 15.5 Å². The number of carbonyl (C=O) groups excluding carboxylic acids is 5. The van der Waals surface area contributed by atoms with E-state index in [2.05, 4.69) is 0 Å². The number of nitrogens with two attached hydrogens (primary N) is 1. The van der Waals surface area contributed by atoms with Crippen molar-refractivity contribution in [3.63, 3.8) is 0 Å². The van der Waals surface area contributed by atoms with E-state index in [0.717, 1.165) is 15.0 Å². The van der Waals surface area contributed by atoms with Gasteiger partial charge in [-0.05, 0) is 60.8 Å². The molecule has 212 valence electrons. The van der Waals surface area contributed by atoms with Crippen LogP contribution in [-0.2, 0) is 19.2 Å². The predicted octanol–water partition coefficient (Wildman–Crippen LogP) is 1.28. The Morgan fingerprint density at radius 3 is 2.37 bits per heavy atom. The summed E-state index contributed by atoms with van der Waals surface area (Å²) in [6, 6.07) is 11.3. The number of carbonyl (C=O) groups is 5. The van der Waals surface area contributed by atoms with Crippen LogP contribution in [0.1, 0.15) is 28.8 Å². The average molecular weight is 577 g/mol. The van der Waals surface area contributed by atoms with Crippen LogP contribution in [0.15, 0.2) is 42.5 Å². The minimum atomic E-state index is -3.02. The van der Waals surface area contributed by atoms with Crippen molar-refractivity contribution in [2.75, 3.05) is 14.1 Å². The number of aliphatic hydroxyl groups excluding tert-OH is 1. The summed E-state index contributed by atoms with van der Waals surface area (Å²) in [5.74, 6) is -13.4. The normalized spacial score (nSPS) is 33.1. The number of amides is 1. The number of hydrogen-bond acceptors (Lipinski definition) is 10. The summed E-state index contributed by atoms with van der Waals surface area (Å²) < 4.78 is 1.01. The van der Waals surface area contributed by atoms with Gasteiger partial charge in [-0.3, -0.25) is 28.9 Å². The van der Waals surface area contributed by atoms with Gasteiger partial charge in [0.1, 0.15) is 5.75 Å². The second-order valence-electron chi connectivity index (χ2n) is 11.4. The van der Waals surface area contributed by atoms with Crippen LogP contribution in [0.25, 0.3) is 20.5 Å². The fourth-order valence-corrected chi connectivity index (χ4v) is 8.50. The van der Waals surface area contributed by atoms with Crippen molar-refractivity contribution in [1.82, 2.24) is 4.90 Å². The maximum atomic E-state index is 14.1. The van der Waals surface area contributed by atoms with Crippen molar-refractivity contribution in [2.24, 2.45) is 29.4 Å². The zero-order valence-corrected chi connectivity index (χ0v) is 23.2. The zero-order valence-electron chi connectivity index (χ0n) is 22.4. The number of nitrogens with zero attached hydrogens (tertiary/aromatic N) is 1. The molecule has 8 atom stereocenters. The first kappa shape index (κ1) is 27.4. The number of Topliss-reactive ketones (excluding diaryl/α,β-unsaturated/α-hetero) is 4. The fourth-order valence-electron chi connectivity index (χ4n) is 7.40. The van der Waals surface area contributed by atoms with Crippen molar-refractivity contribution in [3.05, 3.63) is 53.6 Å². The molecule has 2 fully saturated rings. The van der Waals surface area contributed by atoms with Gasteiger partial charge in [0.2, 0.25) is 5.91 Å². The number of thiophene rings is 1. The van der Waals surface area contributed by atoms with E-state index in [9.17, 15) is 39.3 Å². The van der Waals surface area contributed by atoms with Gasteiger partial charge in [0.05, 0.1) is 29.5 Å². The van der Waals surface area contributed by atoms with Gasteiger partial charge in [-0.2, -0.15) is 0 Å². The molecular weight excluding hydrogens is 548 g/mol. The van der Waals surface area contributed by atoms with Crippen molar-refractivity contribution in [2.45, 2.75) is 30.6 Å². The maximum Gasteiger partial charge on any atom is 0.235 e. The molecule has 2 unspecified atom stereocenters. The Hall–Kier alpha value is -3.77. The Balaban J connectivity index is 1.57. The molecule has 6 rings (SSSR count). The molecule has 3 aliphatic rings. The summed E-state index contributed by atoms with van der Waals surface area (Å²) in [5.41, 5.74) is 3.29. The molecule has 0 saturated heterocycles. The number of hydrogen-bond donors (Lipinski definition) is 4. The molecule has 41 heavy (non-hydrogen) atoms. The van der Waals surface area contributed by atoms with E-state index in [0.29, 0.717) is 11.1 Å². The number of phenolic OH excluding ortho intramolecular Hbond substituents is 1. The van der Waals surface area contributed by atoms with Crippen LogP contribution < -0.4 is 5.73 Å². The average Bonchev–Trinajstić information content (AvgIpc) is 3.34. The molecule has 0 radical (unpaired) electrons. The number of phenols is 1. The van der Waals surface area contributed by atoms with Crippen LogP contribution in [0.3, 0.4) is 0 Å². The number of likely N-dealkylation sites (N-methyl/N-ethyl adjacent to an activating group) is 1. The summed E-state index contributed by atoms with van der Waals surface area (Å²) in [7, 11) is 2.92. The molecule has 2 aromatic carbocycles. The standard InChI is InChI=1S/C30H28N2O8S/c1-11-17-13(16-10-12-6-4-5-7-15(12)41-16)8-9-14(33)19(17)24(34)20-18(11)25(35)22-23(32(2)3)26(36)21(29(31)39)28(38)30(22,40)27(20)37/h4-11,18,20-23,25,33,35,40H,1-3H3,(H2,31,39)/t11-,18+,20?,21?,22+,23-,25-,30-/m1/s1. The Morgan fingerprint density at radius 1 is 1.05 bits per heavy atom. The van der Waals surface area contributed by atoms with Crippen LogP contribution >= 0.6 is 11.3 Å². The van der Waals surface area contributed by atoms with Gasteiger partial charge in [-0.25, -0.2) is 0 Å². The molecule has 11 heteroatoms. The molecule has 10 nitrogen and oxygen atoms in total. The summed E-state index contributed by atoms with van der Waals surface area (Å²) in [5, 5.41) is 35.5. The van der Waals surface area contributed by atoms with Crippen LogP contribution in [-0.4, -0.2) is 81.1 Å². The number of fused-ring (bicyclic) bond motifs is 4. The highest BCUT2D eigenvalue weighted by molar-refractivity contribution is 7.22. The van der Waals surface area contributed by atoms with Crippen LogP contribution in [0.5, 0.6) is 5.75 Å². The Bertz CT molecular complexity index is 1660. The van der Waals surface area contributed by atoms with E-state index in [4.69, 9.17) is 5.73 Å². The van der Waals surface area contributed by atoms with Gasteiger partial charge < -0.3 is 21.1 Å². The molecule has 1 aromatic heterocycles. The maximum absolute atomic E-state index is 14.1. The van der Waals surface area contributed by atoms with E-state index in [1.165, 1.54) is 36.4 Å². The summed E-state index contributed by atoms with van der Waals surface area (Å²) in [4.78, 5) is 69.3. The van der Waals surface area contributed by atoms with E-state index in [-0.39, 0.29) is 11.3 Å². The molecule has 1 heterocycles. The number of aromatic hydroxyl groups is 1. The first-order valence-electron chi connectivity index (χ1n) is 13.2. The molecule has 5 N–H and O–H groups in total. The fraction of sp³-hybridized carbons (Fsp3) is 0.367. The number of benzene rings is 2. The van der Waals surface area contributed by atoms with Gasteiger partial charge >= 0.3 is 0 Å². The number of primary amides is 1. The monoisotopic (exact) mass is 576 g/mol. The van der Waals surface area contributed by atoms with Gasteiger partial charge in [-0.1, -0.05) is 25.1 Å². The second-order valence-corrected chi connectivity index (χ2v) is 12.5. The SMILES string of the molecule is C[C@@H]1c2c(-c3cc4ccccc4s3)ccc(O)c2C(=O)C2C(=O)[C@@]3(O)C(=O)C(C(N)=O)C(=O)[C@H](N(C)C)[C@H]3[C@H](O)[C@H]21. The van der Waals surface area contributed by atoms with Crippen LogP contribution in [0, 0.1) is 23.7 Å². The van der Waals surface area contributed by atoms with E-state index >= 15 is 0 Å². The lowest BCUT2D eigenvalue weighted by Crippen LogP contribution is -2.77. The van der Waals surface area contributed by atoms with Crippen molar-refractivity contribution >= 4 is 50.5 Å². The molecule has 0 spiro atoms. The first-order chi connectivity index (χ1) is 19.3. The first-order valence-corrected chi connectivity index (χ1v) is 14.0. The van der Waals surface area contributed by atoms with Crippen LogP contribution in [0.2, 0.25) is 0 Å². The van der Waals surface area contributed by atoms with Crippen molar-refractivity contribution < 1.29 is 39.3 Å². The van der Waals surface area contributed by atoms with E-state index in [1.807, 2.05) is 30.3 Å². The van der Waals surface area contributed by atoms with Gasteiger partial charge in [-0.15, -0.1) is 11.3 Å². The number of rotatable bonds is 3. The highest BCUT2D eigenvalue weighted by atomic mass is 32.1. The quantitative estimate of drug-likeness (QED) is 0.335. The molecule has 3 aliphatic carbocycles. The predicted molar refractivity (Wildman–Crippen MR) is 148 cm³/mol. The third kappa shape index (κ3) is 3.49. The molecule has 0 bridgehead atoms. The lowest BCUT2D eigenvalue weighted by Gasteiger charge is -2.56. The van der Waals surface area contributed by atoms with E-state index in [1.54, 1.807) is 13.0 Å². The number of aliphatic hydroxyl groups is 2. The summed E-state index contributed by atoms with van der Waals surface area (Å²) in [6.07, 6.45) is -1.68. The number of ketones is 4. The van der Waals surface area contributed by atoms with Crippen LogP contribution in [0.4, 0.5) is 0 Å². The summed E-state index contributed by atoms with van der Waals surface area (Å²) >= 11 is 1.49. The topological polar surface area (TPSA) is 175 Å². The third-order valence-corrected chi connectivity index (χ3v) is 10.3. The highest BCUT2D eigenvalue weighted by Gasteiger charge is 2.73. The Labute approximate surface area is 238 Å². The van der Waals surface area contributed by atoms with Gasteiger partial charge in [0.25, 0.3) is 0 Å². The minimum Gasteiger partial charge on any atom is -0.507 e. The molecule has 3 aromatic rings. The van der Waals surface area contributed by atoms with E-state index < -0.39 is 76.4 Å². The highest BCUT2D eigenvalue weighted by Crippen LogP contribution is 2.56. The Morgan fingerprint density at radius 2 is 1.73 bits per heavy atom. The van der Waals surface area contributed by atoms with Crippen molar-refractivity contribution in [1.29, 1.82) is 0 Å². The van der Waals surface area contributed by atoms with Crippen molar-refractivity contribution in [3.8, 4) is 16.2 Å². The smallest absolute Gasteiger partial charge is 0.235 e. The minimum absolute atomic E-state index is 0.119. The largest absolute Gasteiger partial charge is 0.507 e. The summed E-state index contributed by atoms with van der Waals surface area (Å²) in [6.45, 7) is 1.71. The van der Waals surface area contributed by atoms with Gasteiger partial charge in [0.15, 0.2) is 34.7 Å². The third-order valence-electron chi connectivity index (χ3n) is 9.16. The lowest BCUT2D eigenvalue weighted by molar-refractivity contribution is -0.196. The Kier molecular flexibility index (Phi) is 6.09. The molecule has 1 amide bonds. The second kappa shape index (κ2) is 9.12. The molecular formula is C30H28N2O8S. The lowest BCUT2D eigenvalue weighted by atomic mass is 9.49. The zero-order chi connectivity index (χ0) is 29.7. The molecule has 0 aliphatic heterocycles. The molecule has 2 saturated carbocycles.